The summed E-state index contributed by atoms with van der Waals surface area (Å²) in [5, 5.41) is 13.3. The predicted octanol–water partition coefficient (Wildman–Crippen LogP) is 4.41. The Bertz CT molecular complexity index is 1150. The Morgan fingerprint density at radius 2 is 1.47 bits per heavy atom. The van der Waals surface area contributed by atoms with Gasteiger partial charge in [-0.25, -0.2) is 0 Å². The van der Waals surface area contributed by atoms with Crippen LogP contribution in [0.4, 0.5) is 17.1 Å². The number of para-hydroxylation sites is 1. The molecule has 0 radical (unpaired) electrons. The number of hydrogen-bond acceptors (Lipinski definition) is 7. The molecule has 0 heterocycles. The molecule has 34 heavy (non-hydrogen) atoms. The molecule has 0 aliphatic rings. The number of esters is 1. The molecule has 0 aliphatic carbocycles. The van der Waals surface area contributed by atoms with Gasteiger partial charge in [0.1, 0.15) is 12.3 Å². The van der Waals surface area contributed by atoms with E-state index in [1.807, 2.05) is 37.3 Å². The van der Waals surface area contributed by atoms with Crippen molar-refractivity contribution >= 4 is 34.8 Å². The van der Waals surface area contributed by atoms with Crippen molar-refractivity contribution in [3.05, 3.63) is 84.4 Å². The van der Waals surface area contributed by atoms with Gasteiger partial charge in [-0.2, -0.15) is 10.2 Å². The van der Waals surface area contributed by atoms with Crippen LogP contribution < -0.4 is 15.4 Å². The van der Waals surface area contributed by atoms with E-state index in [2.05, 4.69) is 20.9 Å². The highest BCUT2D eigenvalue weighted by atomic mass is 16.5. The second-order valence-corrected chi connectivity index (χ2v) is 6.90. The molecule has 174 valence electrons. The molecule has 0 fully saturated rings. The largest absolute Gasteiger partial charge is 0.493 e. The van der Waals surface area contributed by atoms with E-state index in [1.165, 1.54) is 0 Å². The Morgan fingerprint density at radius 1 is 0.824 bits per heavy atom. The van der Waals surface area contributed by atoms with Crippen molar-refractivity contribution in [2.75, 3.05) is 25.1 Å². The summed E-state index contributed by atoms with van der Waals surface area (Å²) in [7, 11) is 0. The maximum atomic E-state index is 12.3. The van der Waals surface area contributed by atoms with E-state index < -0.39 is 24.4 Å². The van der Waals surface area contributed by atoms with Crippen molar-refractivity contribution < 1.29 is 23.9 Å². The summed E-state index contributed by atoms with van der Waals surface area (Å²) in [6, 6.07) is 22.7. The highest BCUT2D eigenvalue weighted by Gasteiger charge is 2.14. The Kier molecular flexibility index (Phi) is 8.86. The Labute approximate surface area is 196 Å². The zero-order chi connectivity index (χ0) is 24.2. The lowest BCUT2D eigenvalue weighted by Crippen LogP contribution is -2.32. The van der Waals surface area contributed by atoms with E-state index in [9.17, 15) is 14.4 Å². The summed E-state index contributed by atoms with van der Waals surface area (Å²) in [4.78, 5) is 36.2. The van der Waals surface area contributed by atoms with Crippen LogP contribution in [-0.2, 0) is 14.3 Å². The molecule has 2 N–H and O–H groups in total. The van der Waals surface area contributed by atoms with Gasteiger partial charge in [-0.1, -0.05) is 30.3 Å². The van der Waals surface area contributed by atoms with Crippen LogP contribution in [-0.4, -0.2) is 37.5 Å². The molecule has 9 nitrogen and oxygen atoms in total. The van der Waals surface area contributed by atoms with Crippen LogP contribution in [0.3, 0.4) is 0 Å². The number of benzene rings is 3. The first-order valence-electron chi connectivity index (χ1n) is 10.6. The first-order valence-corrected chi connectivity index (χ1v) is 10.6. The lowest BCUT2D eigenvalue weighted by atomic mass is 10.2. The molecule has 0 aliphatic heterocycles. The third-order valence-electron chi connectivity index (χ3n) is 4.38. The Morgan fingerprint density at radius 3 is 2.18 bits per heavy atom. The van der Waals surface area contributed by atoms with E-state index in [-0.39, 0.29) is 6.54 Å². The van der Waals surface area contributed by atoms with Gasteiger partial charge in [0, 0.05) is 5.69 Å². The fraction of sp³-hybridized carbons (Fsp3) is 0.160. The third-order valence-corrected chi connectivity index (χ3v) is 4.38. The number of ether oxygens (including phenoxy) is 2. The second-order valence-electron chi connectivity index (χ2n) is 6.90. The molecule has 3 rings (SSSR count). The molecule has 3 aromatic carbocycles. The van der Waals surface area contributed by atoms with Crippen molar-refractivity contribution in [3.63, 3.8) is 0 Å². The molecular formula is C25H24N4O5. The third kappa shape index (κ3) is 7.56. The van der Waals surface area contributed by atoms with Crippen LogP contribution in [0.5, 0.6) is 5.75 Å². The summed E-state index contributed by atoms with van der Waals surface area (Å²) < 4.78 is 10.3. The van der Waals surface area contributed by atoms with Gasteiger partial charge < -0.3 is 20.1 Å². The monoisotopic (exact) mass is 460 g/mol. The maximum absolute atomic E-state index is 12.3. The normalized spacial score (nSPS) is 10.5. The molecule has 0 saturated carbocycles. The molecule has 0 aromatic heterocycles. The van der Waals surface area contributed by atoms with Crippen LogP contribution in [0.2, 0.25) is 0 Å². The first kappa shape index (κ1) is 24.1. The Hall–Kier alpha value is -4.53. The summed E-state index contributed by atoms with van der Waals surface area (Å²) in [6.45, 7) is 1.35. The molecule has 0 atom stereocenters. The highest BCUT2D eigenvalue weighted by molar-refractivity contribution is 5.98. The molecule has 0 bridgehead atoms. The number of anilines is 1. The minimum absolute atomic E-state index is 0.307. The van der Waals surface area contributed by atoms with E-state index in [0.717, 1.165) is 5.69 Å². The standard InChI is InChI=1S/C25H24N4O5/c1-2-33-22-11-7-6-10-21(22)25(32)26-16-24(31)34-17-23(30)27-18-12-14-20(15-13-18)29-28-19-8-4-3-5-9-19/h3-15H,2,16-17H2,1H3,(H,26,32)(H,27,30). The van der Waals surface area contributed by atoms with Gasteiger partial charge >= 0.3 is 5.97 Å². The van der Waals surface area contributed by atoms with E-state index in [4.69, 9.17) is 9.47 Å². The van der Waals surface area contributed by atoms with Crippen LogP contribution in [0.1, 0.15) is 17.3 Å². The number of nitrogens with zero attached hydrogens (tertiary/aromatic N) is 2. The molecule has 9 heteroatoms. The summed E-state index contributed by atoms with van der Waals surface area (Å²) in [5.74, 6) is -1.31. The number of hydrogen-bond donors (Lipinski definition) is 2. The fourth-order valence-electron chi connectivity index (χ4n) is 2.80. The molecule has 0 unspecified atom stereocenters. The topological polar surface area (TPSA) is 118 Å². The minimum Gasteiger partial charge on any atom is -0.493 e. The SMILES string of the molecule is CCOc1ccccc1C(=O)NCC(=O)OCC(=O)Nc1ccc(N=Nc2ccccc2)cc1. The maximum Gasteiger partial charge on any atom is 0.325 e. The summed E-state index contributed by atoms with van der Waals surface area (Å²) >= 11 is 0. The lowest BCUT2D eigenvalue weighted by molar-refractivity contribution is -0.146. The number of carbonyl (C=O) groups is 3. The average Bonchev–Trinajstić information content (AvgIpc) is 2.87. The average molecular weight is 460 g/mol. The van der Waals surface area contributed by atoms with E-state index >= 15 is 0 Å². The van der Waals surface area contributed by atoms with Crippen LogP contribution in [0, 0.1) is 0 Å². The predicted molar refractivity (Wildman–Crippen MR) is 127 cm³/mol. The van der Waals surface area contributed by atoms with Gasteiger partial charge in [0.05, 0.1) is 23.5 Å². The molecule has 0 spiro atoms. The first-order chi connectivity index (χ1) is 16.5. The van der Waals surface area contributed by atoms with Crippen LogP contribution >= 0.6 is 0 Å². The van der Waals surface area contributed by atoms with Crippen molar-refractivity contribution in [1.82, 2.24) is 5.32 Å². The summed E-state index contributed by atoms with van der Waals surface area (Å²) in [5.41, 5.74) is 2.17. The second kappa shape index (κ2) is 12.5. The van der Waals surface area contributed by atoms with Gasteiger partial charge in [0.25, 0.3) is 11.8 Å². The van der Waals surface area contributed by atoms with Crippen molar-refractivity contribution in [1.29, 1.82) is 0 Å². The van der Waals surface area contributed by atoms with Crippen molar-refractivity contribution in [2.24, 2.45) is 10.2 Å². The lowest BCUT2D eigenvalue weighted by Gasteiger charge is -2.10. The number of rotatable bonds is 10. The smallest absolute Gasteiger partial charge is 0.325 e. The van der Waals surface area contributed by atoms with Crippen molar-refractivity contribution in [2.45, 2.75) is 6.92 Å². The van der Waals surface area contributed by atoms with Gasteiger partial charge in [-0.15, -0.1) is 0 Å². The zero-order valence-corrected chi connectivity index (χ0v) is 18.6. The number of azo groups is 1. The zero-order valence-electron chi connectivity index (χ0n) is 18.6. The number of nitrogens with one attached hydrogen (secondary N) is 2. The van der Waals surface area contributed by atoms with Crippen molar-refractivity contribution in [3.8, 4) is 5.75 Å². The van der Waals surface area contributed by atoms with E-state index in [0.29, 0.717) is 29.3 Å². The van der Waals surface area contributed by atoms with Gasteiger partial charge in [0.2, 0.25) is 0 Å². The molecular weight excluding hydrogens is 436 g/mol. The van der Waals surface area contributed by atoms with Gasteiger partial charge in [-0.05, 0) is 55.5 Å². The molecule has 2 amide bonds. The molecule has 0 saturated heterocycles. The molecule has 3 aromatic rings. The fourth-order valence-corrected chi connectivity index (χ4v) is 2.80. The number of carbonyl (C=O) groups excluding carboxylic acids is 3. The minimum atomic E-state index is -0.742. The summed E-state index contributed by atoms with van der Waals surface area (Å²) in [6.07, 6.45) is 0. The Balaban J connectivity index is 1.41. The van der Waals surface area contributed by atoms with Crippen LogP contribution in [0.15, 0.2) is 89.1 Å². The van der Waals surface area contributed by atoms with E-state index in [1.54, 1.807) is 48.5 Å². The highest BCUT2D eigenvalue weighted by Crippen LogP contribution is 2.20. The van der Waals surface area contributed by atoms with Crippen LogP contribution in [0.25, 0.3) is 0 Å². The quantitative estimate of drug-likeness (QED) is 0.343. The van der Waals surface area contributed by atoms with Gasteiger partial charge in [0.15, 0.2) is 6.61 Å². The van der Waals surface area contributed by atoms with Gasteiger partial charge in [-0.3, -0.25) is 14.4 Å². The number of amides is 2.